The van der Waals surface area contributed by atoms with Crippen LogP contribution in [-0.4, -0.2) is 27.8 Å². The first-order valence-electron chi connectivity index (χ1n) is 7.15. The van der Waals surface area contributed by atoms with Gasteiger partial charge in [0.25, 0.3) is 0 Å². The van der Waals surface area contributed by atoms with Crippen molar-refractivity contribution in [3.63, 3.8) is 0 Å². The minimum absolute atomic E-state index is 0. The summed E-state index contributed by atoms with van der Waals surface area (Å²) in [4.78, 5) is 6.95. The minimum atomic E-state index is 0. The Kier molecular flexibility index (Phi) is 8.39. The largest absolute Gasteiger partial charge is 0.352 e. The Hall–Kier alpha value is -1.16. The van der Waals surface area contributed by atoms with Gasteiger partial charge in [-0.1, -0.05) is 6.92 Å². The molecule has 6 nitrogen and oxygen atoms in total. The highest BCUT2D eigenvalue weighted by atomic mass is 127. The Morgan fingerprint density at radius 2 is 1.95 bits per heavy atom. The fourth-order valence-corrected chi connectivity index (χ4v) is 2.84. The van der Waals surface area contributed by atoms with Gasteiger partial charge in [-0.25, -0.2) is 0 Å². The molecule has 22 heavy (non-hydrogen) atoms. The average molecular weight is 434 g/mol. The zero-order valence-corrected chi connectivity index (χ0v) is 16.3. The van der Waals surface area contributed by atoms with Gasteiger partial charge in [-0.2, -0.15) is 0 Å². The molecule has 0 saturated heterocycles. The van der Waals surface area contributed by atoms with Crippen LogP contribution in [0.4, 0.5) is 0 Å². The molecular formula is C14H23IN6S. The van der Waals surface area contributed by atoms with Gasteiger partial charge in [0.05, 0.1) is 13.1 Å². The molecule has 0 spiro atoms. The number of nitrogens with zero attached hydrogens (tertiary/aromatic N) is 4. The number of hydrogen-bond acceptors (Lipinski definition) is 4. The van der Waals surface area contributed by atoms with Gasteiger partial charge in [0.1, 0.15) is 6.33 Å². The molecule has 2 heterocycles. The van der Waals surface area contributed by atoms with Crippen molar-refractivity contribution < 1.29 is 0 Å². The fourth-order valence-electron chi connectivity index (χ4n) is 1.94. The predicted molar refractivity (Wildman–Crippen MR) is 102 cm³/mol. The SMILES string of the molecule is CCc1ccc(CNC(=NC)NCc2nncn2CC)s1.I. The van der Waals surface area contributed by atoms with E-state index in [2.05, 4.69) is 51.8 Å². The van der Waals surface area contributed by atoms with E-state index in [0.717, 1.165) is 31.3 Å². The van der Waals surface area contributed by atoms with Crippen LogP contribution in [0.5, 0.6) is 0 Å². The Morgan fingerprint density at radius 3 is 2.59 bits per heavy atom. The quantitative estimate of drug-likeness (QED) is 0.417. The van der Waals surface area contributed by atoms with Crippen molar-refractivity contribution in [2.75, 3.05) is 7.05 Å². The molecule has 0 aliphatic rings. The lowest BCUT2D eigenvalue weighted by atomic mass is 10.4. The Balaban J connectivity index is 0.00000242. The molecule has 0 aliphatic carbocycles. The molecule has 0 aliphatic heterocycles. The van der Waals surface area contributed by atoms with E-state index in [9.17, 15) is 0 Å². The van der Waals surface area contributed by atoms with E-state index >= 15 is 0 Å². The van der Waals surface area contributed by atoms with E-state index < -0.39 is 0 Å². The van der Waals surface area contributed by atoms with E-state index in [1.165, 1.54) is 9.75 Å². The first-order chi connectivity index (χ1) is 10.3. The van der Waals surface area contributed by atoms with Gasteiger partial charge in [0.15, 0.2) is 11.8 Å². The first-order valence-corrected chi connectivity index (χ1v) is 7.97. The van der Waals surface area contributed by atoms with Gasteiger partial charge in [0, 0.05) is 23.3 Å². The molecule has 2 aromatic heterocycles. The number of aryl methyl sites for hydroxylation is 2. The van der Waals surface area contributed by atoms with Gasteiger partial charge < -0.3 is 15.2 Å². The second-order valence-electron chi connectivity index (χ2n) is 4.53. The zero-order chi connectivity index (χ0) is 15.1. The standard InChI is InChI=1S/C14H22N6S.HI/c1-4-11-6-7-12(21-11)8-16-14(15-3)17-9-13-19-18-10-20(13)5-2;/h6-7,10H,4-5,8-9H2,1-3H3,(H2,15,16,17);1H. The van der Waals surface area contributed by atoms with Crippen molar-refractivity contribution >= 4 is 41.3 Å². The number of nitrogens with one attached hydrogen (secondary N) is 2. The van der Waals surface area contributed by atoms with Crippen molar-refractivity contribution in [2.24, 2.45) is 4.99 Å². The summed E-state index contributed by atoms with van der Waals surface area (Å²) in [5.41, 5.74) is 0. The zero-order valence-electron chi connectivity index (χ0n) is 13.2. The molecule has 0 amide bonds. The fraction of sp³-hybridized carbons (Fsp3) is 0.500. The molecule has 2 N–H and O–H groups in total. The molecule has 122 valence electrons. The summed E-state index contributed by atoms with van der Waals surface area (Å²) < 4.78 is 2.01. The number of guanidine groups is 1. The molecule has 2 aromatic rings. The average Bonchev–Trinajstić information content (AvgIpc) is 3.15. The molecule has 0 bridgehead atoms. The van der Waals surface area contributed by atoms with Gasteiger partial charge in [-0.3, -0.25) is 4.99 Å². The topological polar surface area (TPSA) is 67.1 Å². The number of aliphatic imine (C=N–C) groups is 1. The molecular weight excluding hydrogens is 411 g/mol. The van der Waals surface area contributed by atoms with E-state index in [4.69, 9.17) is 0 Å². The number of rotatable bonds is 6. The van der Waals surface area contributed by atoms with Crippen LogP contribution in [0, 0.1) is 0 Å². The lowest BCUT2D eigenvalue weighted by molar-refractivity contribution is 0.670. The lowest BCUT2D eigenvalue weighted by Crippen LogP contribution is -2.36. The van der Waals surface area contributed by atoms with Crippen molar-refractivity contribution in [3.05, 3.63) is 34.0 Å². The van der Waals surface area contributed by atoms with Gasteiger partial charge >= 0.3 is 0 Å². The maximum absolute atomic E-state index is 4.23. The van der Waals surface area contributed by atoms with Crippen LogP contribution in [0.2, 0.25) is 0 Å². The van der Waals surface area contributed by atoms with Crippen molar-refractivity contribution in [2.45, 2.75) is 39.9 Å². The van der Waals surface area contributed by atoms with Gasteiger partial charge in [-0.15, -0.1) is 45.5 Å². The summed E-state index contributed by atoms with van der Waals surface area (Å²) in [5.74, 6) is 1.68. The highest BCUT2D eigenvalue weighted by Crippen LogP contribution is 2.16. The van der Waals surface area contributed by atoms with Crippen molar-refractivity contribution in [1.82, 2.24) is 25.4 Å². The van der Waals surface area contributed by atoms with Crippen molar-refractivity contribution in [1.29, 1.82) is 0 Å². The number of aromatic nitrogens is 3. The normalized spacial score (nSPS) is 11.1. The van der Waals surface area contributed by atoms with E-state index in [0.29, 0.717) is 6.54 Å². The maximum atomic E-state index is 4.23. The Bertz CT molecular complexity index is 592. The van der Waals surface area contributed by atoms with Crippen LogP contribution < -0.4 is 10.6 Å². The number of hydrogen-bond donors (Lipinski definition) is 2. The highest BCUT2D eigenvalue weighted by Gasteiger charge is 2.05. The Labute approximate surface area is 152 Å². The monoisotopic (exact) mass is 434 g/mol. The third-order valence-corrected chi connectivity index (χ3v) is 4.40. The molecule has 0 unspecified atom stereocenters. The summed E-state index contributed by atoms with van der Waals surface area (Å²) in [6.07, 6.45) is 2.83. The smallest absolute Gasteiger partial charge is 0.191 e. The summed E-state index contributed by atoms with van der Waals surface area (Å²) in [6, 6.07) is 4.35. The van der Waals surface area contributed by atoms with Gasteiger partial charge in [0.2, 0.25) is 0 Å². The molecule has 0 fully saturated rings. The van der Waals surface area contributed by atoms with Crippen LogP contribution in [0.25, 0.3) is 0 Å². The maximum Gasteiger partial charge on any atom is 0.191 e. The number of thiophene rings is 1. The van der Waals surface area contributed by atoms with Crippen LogP contribution in [0.3, 0.4) is 0 Å². The Morgan fingerprint density at radius 1 is 1.23 bits per heavy atom. The van der Waals surface area contributed by atoms with Crippen LogP contribution in [-0.2, 0) is 26.1 Å². The molecule has 0 aromatic carbocycles. The third kappa shape index (κ3) is 5.24. The summed E-state index contributed by atoms with van der Waals surface area (Å²) in [6.45, 7) is 6.50. The van der Waals surface area contributed by atoms with Crippen LogP contribution in [0.1, 0.15) is 29.4 Å². The second kappa shape index (κ2) is 9.78. The van der Waals surface area contributed by atoms with Gasteiger partial charge in [-0.05, 0) is 25.5 Å². The summed E-state index contributed by atoms with van der Waals surface area (Å²) in [5, 5.41) is 14.6. The van der Waals surface area contributed by atoms with Crippen LogP contribution in [0.15, 0.2) is 23.5 Å². The lowest BCUT2D eigenvalue weighted by Gasteiger charge is -2.11. The van der Waals surface area contributed by atoms with E-state index in [1.54, 1.807) is 13.4 Å². The summed E-state index contributed by atoms with van der Waals surface area (Å²) >= 11 is 1.84. The predicted octanol–water partition coefficient (Wildman–Crippen LogP) is 2.41. The molecule has 2 rings (SSSR count). The van der Waals surface area contributed by atoms with Crippen molar-refractivity contribution in [3.8, 4) is 0 Å². The van der Waals surface area contributed by atoms with E-state index in [-0.39, 0.29) is 24.0 Å². The first kappa shape index (κ1) is 18.9. The second-order valence-corrected chi connectivity index (χ2v) is 5.79. The molecule has 0 saturated carbocycles. The third-order valence-electron chi connectivity index (χ3n) is 3.17. The summed E-state index contributed by atoms with van der Waals surface area (Å²) in [7, 11) is 1.77. The molecule has 0 radical (unpaired) electrons. The number of halogens is 1. The molecule has 8 heteroatoms. The highest BCUT2D eigenvalue weighted by molar-refractivity contribution is 14.0. The van der Waals surface area contributed by atoms with E-state index in [1.807, 2.05) is 15.9 Å². The molecule has 0 atom stereocenters. The minimum Gasteiger partial charge on any atom is -0.352 e. The van der Waals surface area contributed by atoms with Crippen LogP contribution >= 0.6 is 35.3 Å².